The summed E-state index contributed by atoms with van der Waals surface area (Å²) in [6.07, 6.45) is 16.8. The number of piperidine rings is 2. The van der Waals surface area contributed by atoms with E-state index in [1.165, 1.54) is 15.9 Å². The molecule has 19 heteroatoms. The summed E-state index contributed by atoms with van der Waals surface area (Å²) < 4.78 is 25.4. The maximum absolute atomic E-state index is 16.0. The van der Waals surface area contributed by atoms with Crippen molar-refractivity contribution < 1.29 is 23.3 Å². The molecule has 0 unspecified atom stereocenters. The standard InChI is InChI=1S/C49H61FN14O4/c1-49(2,3)64-47-38(44(51)54-28-55-47)40(57-64)41-37(43(68-59-41)31-11-12-31)45-52-26-32(27-53-45)29-17-23-62(24-18-29)36(66)10-8-6-5-7-9-20-61-21-15-30(16-22-61)33-13-14-34-42(39(33)50)60(4)58-46(34)63-25-19-35(65)56-48(63)67/h13-14,26-31H,5-12,15-25H2,1-4H3,(H2,51,54,55)(H,56,65,67). The van der Waals surface area contributed by atoms with Crippen LogP contribution in [0.3, 0.4) is 0 Å². The van der Waals surface area contributed by atoms with Crippen LogP contribution in [0.5, 0.6) is 0 Å². The van der Waals surface area contributed by atoms with Crippen LogP contribution in [-0.2, 0) is 22.2 Å². The summed E-state index contributed by atoms with van der Waals surface area (Å²) in [4.78, 5) is 61.9. The van der Waals surface area contributed by atoms with Crippen molar-refractivity contribution >= 4 is 51.4 Å². The van der Waals surface area contributed by atoms with Crippen LogP contribution in [0, 0.1) is 5.82 Å². The number of aryl methyl sites for hydroxylation is 1. The SMILES string of the molecule is Cn1nc(N2CCC(=O)NC2=O)c2ccc(C3CCN(CCCCCCCC(=O)N4CCC(c5cnc(-c6c(-c7nn(C(C)(C)C)c8ncnc(N)c78)noc6C6CC6)nc5)CC4)CC3)c(F)c21. The van der Waals surface area contributed by atoms with Crippen molar-refractivity contribution in [1.29, 1.82) is 0 Å². The Morgan fingerprint density at radius 2 is 1.57 bits per heavy atom. The normalized spacial score (nSPS) is 18.1. The first-order valence-electron chi connectivity index (χ1n) is 24.4. The zero-order chi connectivity index (χ0) is 47.3. The van der Waals surface area contributed by atoms with Gasteiger partial charge < -0.3 is 20.1 Å². The third-order valence-electron chi connectivity index (χ3n) is 14.4. The van der Waals surface area contributed by atoms with Crippen molar-refractivity contribution in [3.8, 4) is 22.8 Å². The molecule has 0 spiro atoms. The molecule has 4 fully saturated rings. The number of benzene rings is 1. The Bertz CT molecular complexity index is 2850. The highest BCUT2D eigenvalue weighted by atomic mass is 19.1. The summed E-state index contributed by atoms with van der Waals surface area (Å²) in [5.41, 5.74) is 10.7. The fraction of sp³-hybridized carbons (Fsp3) is 0.551. The smallest absolute Gasteiger partial charge is 0.329 e. The molecule has 68 heavy (non-hydrogen) atoms. The van der Waals surface area contributed by atoms with E-state index in [1.54, 1.807) is 7.05 Å². The van der Waals surface area contributed by atoms with Crippen LogP contribution in [0.25, 0.3) is 44.7 Å². The number of imide groups is 1. The van der Waals surface area contributed by atoms with Crippen LogP contribution < -0.4 is 16.0 Å². The van der Waals surface area contributed by atoms with E-state index < -0.39 is 6.03 Å². The lowest BCUT2D eigenvalue weighted by molar-refractivity contribution is -0.132. The van der Waals surface area contributed by atoms with E-state index in [-0.39, 0.29) is 53.9 Å². The van der Waals surface area contributed by atoms with E-state index in [2.05, 4.69) is 51.2 Å². The highest BCUT2D eigenvalue weighted by Crippen LogP contribution is 2.48. The Hall–Kier alpha value is -6.37. The largest absolute Gasteiger partial charge is 0.383 e. The van der Waals surface area contributed by atoms with E-state index in [4.69, 9.17) is 25.3 Å². The quantitative estimate of drug-likeness (QED) is 0.101. The predicted octanol–water partition coefficient (Wildman–Crippen LogP) is 7.55. The molecule has 4 amide bonds. The van der Waals surface area contributed by atoms with Gasteiger partial charge in [-0.2, -0.15) is 10.2 Å². The number of halogens is 1. The van der Waals surface area contributed by atoms with Crippen molar-refractivity contribution in [3.05, 3.63) is 53.6 Å². The van der Waals surface area contributed by atoms with E-state index in [0.717, 1.165) is 120 Å². The molecule has 5 aromatic heterocycles. The number of hydrogen-bond donors (Lipinski definition) is 2. The van der Waals surface area contributed by atoms with Gasteiger partial charge >= 0.3 is 6.03 Å². The number of nitrogens with zero attached hydrogens (tertiary/aromatic N) is 12. The molecule has 10 rings (SSSR count). The molecule has 8 heterocycles. The maximum atomic E-state index is 16.0. The van der Waals surface area contributed by atoms with Crippen LogP contribution in [0.1, 0.15) is 139 Å². The summed E-state index contributed by atoms with van der Waals surface area (Å²) >= 11 is 0. The molecular weight excluding hydrogens is 868 g/mol. The number of nitrogens with two attached hydrogens (primary N) is 1. The van der Waals surface area contributed by atoms with Crippen LogP contribution in [0.15, 0.2) is 35.4 Å². The van der Waals surface area contributed by atoms with Gasteiger partial charge in [0.15, 0.2) is 28.9 Å². The van der Waals surface area contributed by atoms with Crippen molar-refractivity contribution in [3.63, 3.8) is 0 Å². The number of unbranched alkanes of at least 4 members (excludes halogenated alkanes) is 4. The minimum atomic E-state index is -0.532. The van der Waals surface area contributed by atoms with Crippen LogP contribution in [-0.4, -0.2) is 112 Å². The van der Waals surface area contributed by atoms with Gasteiger partial charge in [-0.3, -0.25) is 24.5 Å². The van der Waals surface area contributed by atoms with Gasteiger partial charge in [0.05, 0.1) is 16.5 Å². The number of carbonyl (C=O) groups is 3. The first kappa shape index (κ1) is 45.4. The second-order valence-corrected chi connectivity index (χ2v) is 20.1. The average molecular weight is 929 g/mol. The van der Waals surface area contributed by atoms with E-state index in [1.807, 2.05) is 34.1 Å². The Kier molecular flexibility index (Phi) is 12.4. The first-order chi connectivity index (χ1) is 32.8. The van der Waals surface area contributed by atoms with Gasteiger partial charge in [0, 0.05) is 63.2 Å². The van der Waals surface area contributed by atoms with Crippen LogP contribution in [0.4, 0.5) is 20.8 Å². The lowest BCUT2D eigenvalue weighted by atomic mass is 9.88. The molecule has 0 bridgehead atoms. The topological polar surface area (TPSA) is 212 Å². The zero-order valence-electron chi connectivity index (χ0n) is 39.5. The summed E-state index contributed by atoms with van der Waals surface area (Å²) in [6.45, 7) is 10.7. The molecule has 1 aliphatic carbocycles. The highest BCUT2D eigenvalue weighted by Gasteiger charge is 2.37. The molecule has 3 saturated heterocycles. The van der Waals surface area contributed by atoms with Gasteiger partial charge in [-0.1, -0.05) is 30.5 Å². The number of likely N-dealkylation sites (tertiary alicyclic amines) is 2. The first-order valence-corrected chi connectivity index (χ1v) is 24.4. The monoisotopic (exact) mass is 928 g/mol. The molecule has 3 aliphatic heterocycles. The second-order valence-electron chi connectivity index (χ2n) is 20.1. The number of urea groups is 1. The summed E-state index contributed by atoms with van der Waals surface area (Å²) in [5.74, 6) is 2.27. The number of nitrogens with one attached hydrogen (secondary N) is 1. The van der Waals surface area contributed by atoms with Gasteiger partial charge in [0.2, 0.25) is 11.8 Å². The molecular formula is C49H61FN14O4. The third-order valence-corrected chi connectivity index (χ3v) is 14.4. The Morgan fingerprint density at radius 3 is 2.29 bits per heavy atom. The second kappa shape index (κ2) is 18.6. The average Bonchev–Trinajstić information content (AvgIpc) is 3.80. The van der Waals surface area contributed by atoms with E-state index in [0.29, 0.717) is 62.8 Å². The summed E-state index contributed by atoms with van der Waals surface area (Å²) in [7, 11) is 1.69. The number of rotatable bonds is 14. The minimum Gasteiger partial charge on any atom is -0.383 e. The van der Waals surface area contributed by atoms with Gasteiger partial charge in [0.1, 0.15) is 29.0 Å². The number of anilines is 2. The molecule has 3 N–H and O–H groups in total. The van der Waals surface area contributed by atoms with Gasteiger partial charge in [-0.25, -0.2) is 33.8 Å². The van der Waals surface area contributed by atoms with Crippen LogP contribution in [0.2, 0.25) is 0 Å². The fourth-order valence-corrected chi connectivity index (χ4v) is 10.4. The highest BCUT2D eigenvalue weighted by molar-refractivity contribution is 6.09. The predicted molar refractivity (Wildman–Crippen MR) is 254 cm³/mol. The molecule has 0 atom stereocenters. The van der Waals surface area contributed by atoms with Crippen LogP contribution >= 0.6 is 0 Å². The van der Waals surface area contributed by atoms with Crippen molar-refractivity contribution in [2.75, 3.05) is 49.9 Å². The Balaban J connectivity index is 0.655. The van der Waals surface area contributed by atoms with E-state index >= 15 is 4.39 Å². The number of amides is 4. The minimum absolute atomic E-state index is 0.116. The maximum Gasteiger partial charge on any atom is 0.329 e. The number of aromatic nitrogens is 9. The number of hydrogen-bond acceptors (Lipinski definition) is 13. The molecule has 358 valence electrons. The molecule has 18 nitrogen and oxygen atoms in total. The van der Waals surface area contributed by atoms with Crippen molar-refractivity contribution in [2.45, 2.75) is 128 Å². The summed E-state index contributed by atoms with van der Waals surface area (Å²) in [5, 5.41) is 17.5. The summed E-state index contributed by atoms with van der Waals surface area (Å²) in [6, 6.07) is 3.18. The lowest BCUT2D eigenvalue weighted by Gasteiger charge is -2.32. The Morgan fingerprint density at radius 1 is 0.853 bits per heavy atom. The fourth-order valence-electron chi connectivity index (χ4n) is 10.4. The molecule has 1 aromatic carbocycles. The number of fused-ring (bicyclic) bond motifs is 2. The zero-order valence-corrected chi connectivity index (χ0v) is 39.5. The van der Waals surface area contributed by atoms with Gasteiger partial charge in [-0.05, 0) is 121 Å². The van der Waals surface area contributed by atoms with Crippen molar-refractivity contribution in [2.24, 2.45) is 7.05 Å². The molecule has 0 radical (unpaired) electrons. The number of nitrogen functional groups attached to an aromatic ring is 1. The molecule has 4 aliphatic rings. The third kappa shape index (κ3) is 8.92. The van der Waals surface area contributed by atoms with Gasteiger partial charge in [0.25, 0.3) is 0 Å². The molecule has 1 saturated carbocycles. The Labute approximate surface area is 394 Å². The number of carbonyl (C=O) groups excluding carboxylic acids is 3. The molecule has 6 aromatic rings. The van der Waals surface area contributed by atoms with Crippen molar-refractivity contribution in [1.82, 2.24) is 59.8 Å². The lowest BCUT2D eigenvalue weighted by Crippen LogP contribution is -2.49. The van der Waals surface area contributed by atoms with E-state index in [9.17, 15) is 14.4 Å². The van der Waals surface area contributed by atoms with Gasteiger partial charge in [-0.15, -0.1) is 0 Å².